The summed E-state index contributed by atoms with van der Waals surface area (Å²) in [7, 11) is 0. The van der Waals surface area contributed by atoms with Gasteiger partial charge in [-0.1, -0.05) is 152 Å². The number of rotatable bonds is 5. The summed E-state index contributed by atoms with van der Waals surface area (Å²) in [4.78, 5) is 15.1. The smallest absolute Gasteiger partial charge is 0.164 e. The number of hydrogen-bond acceptors (Lipinski definition) is 6. The number of ether oxygens (including phenoxy) is 1. The van der Waals surface area contributed by atoms with E-state index in [2.05, 4.69) is 96.1 Å². The topological polar surface area (TPSA) is 73.7 Å². The molecule has 9 aromatic rings. The summed E-state index contributed by atoms with van der Waals surface area (Å²) >= 11 is 0. The number of nitrogens with zero attached hydrogens (tertiary/aromatic N) is 5. The Morgan fingerprint density at radius 2 is 0.804 bits per heavy atom. The van der Waals surface area contributed by atoms with Gasteiger partial charge in [-0.3, -0.25) is 0 Å². The van der Waals surface area contributed by atoms with Crippen molar-refractivity contribution in [3.05, 3.63) is 210 Å². The molecule has 262 valence electrons. The third-order valence-electron chi connectivity index (χ3n) is 10.9. The Bertz CT molecular complexity index is 2830. The van der Waals surface area contributed by atoms with Gasteiger partial charge in [-0.05, 0) is 58.7 Å². The first-order valence-corrected chi connectivity index (χ1v) is 18.7. The second-order valence-electron chi connectivity index (χ2n) is 14.1. The first-order chi connectivity index (χ1) is 27.7. The van der Waals surface area contributed by atoms with E-state index in [1.807, 2.05) is 97.1 Å². The average Bonchev–Trinajstić information content (AvgIpc) is 3.56. The SMILES string of the molecule is c1ccc(-c2ccc(-c3ccc4c(c3)C3(c5ccccc5Oc5ccccc53)c3ccc(-c5nc(-c6ccccc6)nc(-c6ccccc6)n5)cc3-4)nn2)cc1. The highest BCUT2D eigenvalue weighted by atomic mass is 16.5. The molecule has 56 heavy (non-hydrogen) atoms. The van der Waals surface area contributed by atoms with E-state index in [-0.39, 0.29) is 0 Å². The predicted molar refractivity (Wildman–Crippen MR) is 220 cm³/mol. The lowest BCUT2D eigenvalue weighted by Gasteiger charge is -2.39. The van der Waals surface area contributed by atoms with E-state index in [4.69, 9.17) is 24.8 Å². The molecule has 0 fully saturated rings. The largest absolute Gasteiger partial charge is 0.457 e. The maximum atomic E-state index is 6.62. The molecule has 2 aliphatic rings. The number of hydrogen-bond donors (Lipinski definition) is 0. The van der Waals surface area contributed by atoms with Crippen LogP contribution in [0.15, 0.2) is 188 Å². The molecule has 1 spiro atoms. The van der Waals surface area contributed by atoms with Crippen molar-refractivity contribution in [2.24, 2.45) is 0 Å². The van der Waals surface area contributed by atoms with Gasteiger partial charge < -0.3 is 4.74 Å². The molecule has 11 rings (SSSR count). The molecule has 1 aliphatic carbocycles. The van der Waals surface area contributed by atoms with Crippen LogP contribution in [0, 0.1) is 0 Å². The summed E-state index contributed by atoms with van der Waals surface area (Å²) < 4.78 is 6.62. The lowest BCUT2D eigenvalue weighted by Crippen LogP contribution is -2.32. The zero-order valence-corrected chi connectivity index (χ0v) is 30.0. The van der Waals surface area contributed by atoms with Crippen molar-refractivity contribution < 1.29 is 4.74 Å². The van der Waals surface area contributed by atoms with Crippen molar-refractivity contribution in [1.29, 1.82) is 0 Å². The highest BCUT2D eigenvalue weighted by molar-refractivity contribution is 5.91. The summed E-state index contributed by atoms with van der Waals surface area (Å²) in [5, 5.41) is 9.39. The molecule has 0 bridgehead atoms. The van der Waals surface area contributed by atoms with Crippen LogP contribution in [-0.4, -0.2) is 25.1 Å². The minimum Gasteiger partial charge on any atom is -0.457 e. The van der Waals surface area contributed by atoms with Crippen molar-refractivity contribution in [3.63, 3.8) is 0 Å². The summed E-state index contributed by atoms with van der Waals surface area (Å²) in [5.41, 5.74) is 12.5. The van der Waals surface area contributed by atoms with Crippen molar-refractivity contribution in [3.8, 4) is 79.3 Å². The lowest BCUT2D eigenvalue weighted by atomic mass is 9.66. The molecule has 6 heteroatoms. The number of fused-ring (bicyclic) bond motifs is 9. The molecule has 0 saturated heterocycles. The van der Waals surface area contributed by atoms with Gasteiger partial charge in [-0.25, -0.2) is 15.0 Å². The summed E-state index contributed by atoms with van der Waals surface area (Å²) in [6.07, 6.45) is 0. The van der Waals surface area contributed by atoms with Crippen molar-refractivity contribution in [2.45, 2.75) is 5.41 Å². The van der Waals surface area contributed by atoms with Crippen LogP contribution in [0.5, 0.6) is 11.5 Å². The molecular formula is C50H31N5O. The second kappa shape index (κ2) is 12.8. The Kier molecular flexibility index (Phi) is 7.29. The van der Waals surface area contributed by atoms with E-state index < -0.39 is 5.41 Å². The second-order valence-corrected chi connectivity index (χ2v) is 14.1. The highest BCUT2D eigenvalue weighted by Crippen LogP contribution is 2.62. The van der Waals surface area contributed by atoms with E-state index in [0.29, 0.717) is 17.5 Å². The van der Waals surface area contributed by atoms with Crippen LogP contribution >= 0.6 is 0 Å². The molecule has 0 atom stereocenters. The highest BCUT2D eigenvalue weighted by Gasteiger charge is 2.51. The van der Waals surface area contributed by atoms with Crippen molar-refractivity contribution in [1.82, 2.24) is 25.1 Å². The van der Waals surface area contributed by atoms with Gasteiger partial charge in [0.25, 0.3) is 0 Å². The molecule has 7 aromatic carbocycles. The third kappa shape index (κ3) is 5.00. The van der Waals surface area contributed by atoms with E-state index in [0.717, 1.165) is 78.5 Å². The summed E-state index contributed by atoms with van der Waals surface area (Å²) in [6.45, 7) is 0. The van der Waals surface area contributed by atoms with E-state index >= 15 is 0 Å². The van der Waals surface area contributed by atoms with E-state index in [9.17, 15) is 0 Å². The normalized spacial score (nSPS) is 12.9. The van der Waals surface area contributed by atoms with Gasteiger partial charge in [0.2, 0.25) is 0 Å². The van der Waals surface area contributed by atoms with Crippen LogP contribution in [0.3, 0.4) is 0 Å². The molecule has 1 aliphatic heterocycles. The van der Waals surface area contributed by atoms with Gasteiger partial charge in [0.1, 0.15) is 11.5 Å². The van der Waals surface area contributed by atoms with Crippen LogP contribution in [0.4, 0.5) is 0 Å². The Balaban J connectivity index is 1.13. The number of aromatic nitrogens is 5. The Labute approximate surface area is 323 Å². The molecule has 6 nitrogen and oxygen atoms in total. The molecule has 0 saturated carbocycles. The average molecular weight is 718 g/mol. The summed E-state index contributed by atoms with van der Waals surface area (Å²) in [5.74, 6) is 3.54. The zero-order valence-electron chi connectivity index (χ0n) is 30.0. The fourth-order valence-electron chi connectivity index (χ4n) is 8.39. The maximum Gasteiger partial charge on any atom is 0.164 e. The Morgan fingerprint density at radius 1 is 0.321 bits per heavy atom. The van der Waals surface area contributed by atoms with Gasteiger partial charge >= 0.3 is 0 Å². The number of benzene rings is 7. The van der Waals surface area contributed by atoms with Gasteiger partial charge in [0.05, 0.1) is 16.8 Å². The first kappa shape index (κ1) is 31.9. The minimum absolute atomic E-state index is 0.612. The molecule has 2 aromatic heterocycles. The van der Waals surface area contributed by atoms with E-state index in [1.165, 1.54) is 5.56 Å². The predicted octanol–water partition coefficient (Wildman–Crippen LogP) is 11.5. The fraction of sp³-hybridized carbons (Fsp3) is 0.0200. The van der Waals surface area contributed by atoms with E-state index in [1.54, 1.807) is 0 Å². The van der Waals surface area contributed by atoms with Gasteiger partial charge in [0, 0.05) is 38.9 Å². The van der Waals surface area contributed by atoms with Crippen LogP contribution in [0.2, 0.25) is 0 Å². The van der Waals surface area contributed by atoms with Crippen molar-refractivity contribution in [2.75, 3.05) is 0 Å². The Morgan fingerprint density at radius 3 is 1.38 bits per heavy atom. The standard InChI is InChI=1S/C50H31N5O/c1-4-14-32(15-5-1)43-28-29-44(55-54-43)35-24-26-37-38-30-36(49-52-47(33-16-6-2-7-17-33)51-48(53-49)34-18-8-3-9-19-34)25-27-39(38)50(42(37)31-35)40-20-10-12-22-45(40)56-46-23-13-11-21-41(46)50/h1-31H. The third-order valence-corrected chi connectivity index (χ3v) is 10.9. The molecule has 0 N–H and O–H groups in total. The molecule has 0 unspecified atom stereocenters. The van der Waals surface area contributed by atoms with Gasteiger partial charge in [0.15, 0.2) is 17.5 Å². The first-order valence-electron chi connectivity index (χ1n) is 18.7. The lowest BCUT2D eigenvalue weighted by molar-refractivity contribution is 0.436. The van der Waals surface area contributed by atoms with Crippen LogP contribution in [-0.2, 0) is 5.41 Å². The quantitative estimate of drug-likeness (QED) is 0.176. The number of para-hydroxylation sites is 2. The maximum absolute atomic E-state index is 6.62. The monoisotopic (exact) mass is 717 g/mol. The minimum atomic E-state index is -0.661. The molecule has 0 amide bonds. The van der Waals surface area contributed by atoms with Crippen molar-refractivity contribution >= 4 is 0 Å². The zero-order chi connectivity index (χ0) is 37.1. The molecular weight excluding hydrogens is 687 g/mol. The summed E-state index contributed by atoms with van der Waals surface area (Å²) in [6, 6.07) is 64.6. The van der Waals surface area contributed by atoms with Gasteiger partial charge in [-0.15, -0.1) is 10.2 Å². The van der Waals surface area contributed by atoms with Crippen LogP contribution in [0.25, 0.3) is 67.8 Å². The van der Waals surface area contributed by atoms with Crippen LogP contribution < -0.4 is 4.74 Å². The fourth-order valence-corrected chi connectivity index (χ4v) is 8.39. The molecule has 3 heterocycles. The van der Waals surface area contributed by atoms with Crippen LogP contribution in [0.1, 0.15) is 22.3 Å². The Hall–Kier alpha value is -7.57. The van der Waals surface area contributed by atoms with Gasteiger partial charge in [-0.2, -0.15) is 0 Å². The molecule has 0 radical (unpaired) electrons.